The van der Waals surface area contributed by atoms with Gasteiger partial charge in [0.2, 0.25) is 0 Å². The molecule has 0 radical (unpaired) electrons. The van der Waals surface area contributed by atoms with Gasteiger partial charge in [0.15, 0.2) is 5.69 Å². The quantitative estimate of drug-likeness (QED) is 0.404. The first-order chi connectivity index (χ1) is 15.5. The minimum atomic E-state index is -0.696. The highest BCUT2D eigenvalue weighted by Gasteiger charge is 2.14. The summed E-state index contributed by atoms with van der Waals surface area (Å²) in [6.45, 7) is 0.465. The van der Waals surface area contributed by atoms with Gasteiger partial charge in [-0.1, -0.05) is 42.5 Å². The SMILES string of the molecule is NCc1ncc(-c2cccc(C(=O)NCc3ccc(-c4cccs4)cc3)c2)nc1C(N)=O. The molecule has 0 aliphatic carbocycles. The van der Waals surface area contributed by atoms with Crippen molar-refractivity contribution in [2.24, 2.45) is 11.5 Å². The normalized spacial score (nSPS) is 10.7. The van der Waals surface area contributed by atoms with E-state index in [9.17, 15) is 9.59 Å². The fraction of sp³-hybridized carbons (Fsp3) is 0.0833. The average Bonchev–Trinajstić information content (AvgIpc) is 3.37. The van der Waals surface area contributed by atoms with Gasteiger partial charge in [0, 0.05) is 29.1 Å². The van der Waals surface area contributed by atoms with E-state index in [4.69, 9.17) is 11.5 Å². The van der Waals surface area contributed by atoms with Crippen molar-refractivity contribution in [2.75, 3.05) is 0 Å². The van der Waals surface area contributed by atoms with E-state index < -0.39 is 5.91 Å². The Hall–Kier alpha value is -3.88. The number of carbonyl (C=O) groups is 2. The van der Waals surface area contributed by atoms with Crippen molar-refractivity contribution >= 4 is 23.2 Å². The zero-order valence-corrected chi connectivity index (χ0v) is 17.9. The first-order valence-electron chi connectivity index (χ1n) is 9.92. The fourth-order valence-corrected chi connectivity index (χ4v) is 3.97. The lowest BCUT2D eigenvalue weighted by Gasteiger charge is -2.09. The Kier molecular flexibility index (Phi) is 6.34. The van der Waals surface area contributed by atoms with Crippen LogP contribution in [0.5, 0.6) is 0 Å². The molecule has 0 fully saturated rings. The fourth-order valence-electron chi connectivity index (χ4n) is 3.23. The highest BCUT2D eigenvalue weighted by Crippen LogP contribution is 2.24. The number of benzene rings is 2. The van der Waals surface area contributed by atoms with Crippen molar-refractivity contribution in [1.29, 1.82) is 0 Å². The number of nitrogens with two attached hydrogens (primary N) is 2. The van der Waals surface area contributed by atoms with Gasteiger partial charge in [0.05, 0.1) is 17.6 Å². The molecule has 7 nitrogen and oxygen atoms in total. The Morgan fingerprint density at radius 1 is 1.00 bits per heavy atom. The summed E-state index contributed by atoms with van der Waals surface area (Å²) in [5, 5.41) is 4.98. The molecule has 2 heterocycles. The van der Waals surface area contributed by atoms with E-state index in [0.29, 0.717) is 29.1 Å². The van der Waals surface area contributed by atoms with Crippen LogP contribution in [0.15, 0.2) is 72.2 Å². The maximum atomic E-state index is 12.7. The maximum Gasteiger partial charge on any atom is 0.269 e. The first-order valence-corrected chi connectivity index (χ1v) is 10.8. The van der Waals surface area contributed by atoms with E-state index in [2.05, 4.69) is 21.4 Å². The van der Waals surface area contributed by atoms with Crippen LogP contribution < -0.4 is 16.8 Å². The Morgan fingerprint density at radius 2 is 1.81 bits per heavy atom. The van der Waals surface area contributed by atoms with Gasteiger partial charge < -0.3 is 16.8 Å². The molecule has 2 aromatic heterocycles. The molecular weight excluding hydrogens is 422 g/mol. The summed E-state index contributed by atoms with van der Waals surface area (Å²) in [4.78, 5) is 34.0. The Morgan fingerprint density at radius 3 is 2.50 bits per heavy atom. The van der Waals surface area contributed by atoms with Crippen molar-refractivity contribution in [3.05, 3.63) is 94.8 Å². The third-order valence-corrected chi connectivity index (χ3v) is 5.83. The molecule has 0 aliphatic heterocycles. The summed E-state index contributed by atoms with van der Waals surface area (Å²) in [5.41, 5.74) is 15.1. The number of amides is 2. The second-order valence-electron chi connectivity index (χ2n) is 7.06. The van der Waals surface area contributed by atoms with Crippen LogP contribution in [0.4, 0.5) is 0 Å². The molecule has 2 aromatic carbocycles. The number of nitrogens with one attached hydrogen (secondary N) is 1. The molecule has 0 unspecified atom stereocenters. The number of carbonyl (C=O) groups excluding carboxylic acids is 2. The van der Waals surface area contributed by atoms with Gasteiger partial charge in [-0.15, -0.1) is 11.3 Å². The predicted molar refractivity (Wildman–Crippen MR) is 125 cm³/mol. The second-order valence-corrected chi connectivity index (χ2v) is 8.00. The van der Waals surface area contributed by atoms with Crippen LogP contribution in [-0.4, -0.2) is 21.8 Å². The van der Waals surface area contributed by atoms with Crippen LogP contribution in [0, 0.1) is 0 Å². The van der Waals surface area contributed by atoms with Crippen molar-refractivity contribution in [2.45, 2.75) is 13.1 Å². The maximum absolute atomic E-state index is 12.7. The molecule has 0 spiro atoms. The van der Waals surface area contributed by atoms with Gasteiger partial charge in [-0.05, 0) is 34.7 Å². The van der Waals surface area contributed by atoms with Gasteiger partial charge >= 0.3 is 0 Å². The van der Waals surface area contributed by atoms with Crippen LogP contribution in [0.2, 0.25) is 0 Å². The summed E-state index contributed by atoms with van der Waals surface area (Å²) in [6.07, 6.45) is 1.51. The standard InChI is InChI=1S/C24H21N5O2S/c25-12-19-22(23(26)30)29-20(14-27-19)17-3-1-4-18(11-17)24(31)28-13-15-6-8-16(9-7-15)21-5-2-10-32-21/h1-11,14H,12-13,25H2,(H2,26,30)(H,28,31). The van der Waals surface area contributed by atoms with Crippen molar-refractivity contribution in [3.63, 3.8) is 0 Å². The molecule has 4 aromatic rings. The third kappa shape index (κ3) is 4.72. The minimum Gasteiger partial charge on any atom is -0.364 e. The second kappa shape index (κ2) is 9.51. The van der Waals surface area contributed by atoms with Crippen molar-refractivity contribution in [3.8, 4) is 21.7 Å². The molecular formula is C24H21N5O2S. The number of primary amides is 1. The lowest BCUT2D eigenvalue weighted by molar-refractivity contribution is 0.0949. The van der Waals surface area contributed by atoms with Gasteiger partial charge in [-0.3, -0.25) is 14.6 Å². The topological polar surface area (TPSA) is 124 Å². The van der Waals surface area contributed by atoms with E-state index >= 15 is 0 Å². The van der Waals surface area contributed by atoms with E-state index in [1.165, 1.54) is 11.1 Å². The molecule has 160 valence electrons. The van der Waals surface area contributed by atoms with Crippen LogP contribution in [-0.2, 0) is 13.1 Å². The summed E-state index contributed by atoms with van der Waals surface area (Å²) in [7, 11) is 0. The zero-order chi connectivity index (χ0) is 22.5. The van der Waals surface area contributed by atoms with Gasteiger partial charge in [-0.2, -0.15) is 0 Å². The minimum absolute atomic E-state index is 0.0332. The highest BCUT2D eigenvalue weighted by atomic mass is 32.1. The highest BCUT2D eigenvalue weighted by molar-refractivity contribution is 7.13. The van der Waals surface area contributed by atoms with Gasteiger partial charge in [0.1, 0.15) is 0 Å². The molecule has 0 atom stereocenters. The number of aromatic nitrogens is 2. The third-order valence-electron chi connectivity index (χ3n) is 4.91. The predicted octanol–water partition coefficient (Wildman–Crippen LogP) is 3.36. The van der Waals surface area contributed by atoms with Crippen LogP contribution in [0.25, 0.3) is 21.7 Å². The van der Waals surface area contributed by atoms with E-state index in [1.807, 2.05) is 35.7 Å². The van der Waals surface area contributed by atoms with E-state index in [-0.39, 0.29) is 18.1 Å². The molecule has 4 rings (SSSR count). The van der Waals surface area contributed by atoms with Crippen molar-refractivity contribution in [1.82, 2.24) is 15.3 Å². The molecule has 5 N–H and O–H groups in total. The molecule has 2 amide bonds. The molecule has 0 saturated carbocycles. The lowest BCUT2D eigenvalue weighted by Crippen LogP contribution is -2.22. The molecule has 0 saturated heterocycles. The monoisotopic (exact) mass is 443 g/mol. The van der Waals surface area contributed by atoms with Gasteiger partial charge in [-0.25, -0.2) is 4.98 Å². The smallest absolute Gasteiger partial charge is 0.269 e. The van der Waals surface area contributed by atoms with Crippen LogP contribution in [0.1, 0.15) is 32.1 Å². The van der Waals surface area contributed by atoms with Crippen LogP contribution in [0.3, 0.4) is 0 Å². The summed E-state index contributed by atoms with van der Waals surface area (Å²) in [6, 6.07) is 19.2. The number of rotatable bonds is 7. The number of hydrogen-bond acceptors (Lipinski definition) is 6. The largest absolute Gasteiger partial charge is 0.364 e. The molecule has 0 bridgehead atoms. The molecule has 32 heavy (non-hydrogen) atoms. The Balaban J connectivity index is 1.47. The number of nitrogens with zero attached hydrogens (tertiary/aromatic N) is 2. The van der Waals surface area contributed by atoms with E-state index in [1.54, 1.807) is 35.6 Å². The molecule has 0 aliphatic rings. The summed E-state index contributed by atoms with van der Waals surface area (Å²) >= 11 is 1.69. The lowest BCUT2D eigenvalue weighted by atomic mass is 10.1. The molecule has 8 heteroatoms. The van der Waals surface area contributed by atoms with Crippen LogP contribution >= 0.6 is 11.3 Å². The number of hydrogen-bond donors (Lipinski definition) is 3. The Bertz CT molecular complexity index is 1250. The average molecular weight is 444 g/mol. The zero-order valence-electron chi connectivity index (χ0n) is 17.1. The summed E-state index contributed by atoms with van der Waals surface area (Å²) in [5.74, 6) is -0.908. The van der Waals surface area contributed by atoms with Gasteiger partial charge in [0.25, 0.3) is 11.8 Å². The number of thiophene rings is 1. The van der Waals surface area contributed by atoms with Crippen molar-refractivity contribution < 1.29 is 9.59 Å². The first kappa shape index (κ1) is 21.4. The van der Waals surface area contributed by atoms with E-state index in [0.717, 1.165) is 11.1 Å². The summed E-state index contributed by atoms with van der Waals surface area (Å²) < 4.78 is 0. The Labute approximate surface area is 189 Å².